The fourth-order valence-corrected chi connectivity index (χ4v) is 1.70. The Morgan fingerprint density at radius 1 is 1.29 bits per heavy atom. The SMILES string of the molecule is CC(C)CNc1nnc(C(C)(C)C)s1. The molecule has 1 N–H and O–H groups in total. The molecule has 0 saturated heterocycles. The quantitative estimate of drug-likeness (QED) is 0.839. The fourth-order valence-electron chi connectivity index (χ4n) is 0.889. The second-order valence-corrected chi connectivity index (χ2v) is 5.91. The van der Waals surface area contributed by atoms with Crippen molar-refractivity contribution < 1.29 is 0 Å². The molecular formula is C10H19N3S. The maximum absolute atomic E-state index is 4.17. The van der Waals surface area contributed by atoms with Crippen LogP contribution in [0.2, 0.25) is 0 Å². The molecule has 0 spiro atoms. The zero-order chi connectivity index (χ0) is 10.8. The summed E-state index contributed by atoms with van der Waals surface area (Å²) in [5.74, 6) is 0.636. The second kappa shape index (κ2) is 4.26. The summed E-state index contributed by atoms with van der Waals surface area (Å²) in [4.78, 5) is 0. The van der Waals surface area contributed by atoms with Gasteiger partial charge in [0.2, 0.25) is 5.13 Å². The van der Waals surface area contributed by atoms with Crippen molar-refractivity contribution in [2.24, 2.45) is 5.92 Å². The van der Waals surface area contributed by atoms with E-state index in [9.17, 15) is 0 Å². The van der Waals surface area contributed by atoms with Gasteiger partial charge in [0, 0.05) is 12.0 Å². The van der Waals surface area contributed by atoms with Crippen molar-refractivity contribution in [2.75, 3.05) is 11.9 Å². The molecule has 80 valence electrons. The Balaban J connectivity index is 2.60. The van der Waals surface area contributed by atoms with Gasteiger partial charge in [0.05, 0.1) is 0 Å². The largest absolute Gasteiger partial charge is 0.360 e. The average Bonchev–Trinajstić information content (AvgIpc) is 2.47. The maximum Gasteiger partial charge on any atom is 0.205 e. The van der Waals surface area contributed by atoms with Gasteiger partial charge in [-0.15, -0.1) is 10.2 Å². The molecule has 0 amide bonds. The molecule has 1 rings (SSSR count). The second-order valence-electron chi connectivity index (χ2n) is 4.94. The zero-order valence-corrected chi connectivity index (χ0v) is 10.4. The number of nitrogens with one attached hydrogen (secondary N) is 1. The van der Waals surface area contributed by atoms with Gasteiger partial charge in [0.15, 0.2) is 0 Å². The summed E-state index contributed by atoms with van der Waals surface area (Å²) in [6.45, 7) is 11.8. The van der Waals surface area contributed by atoms with Crippen LogP contribution < -0.4 is 5.32 Å². The Kier molecular flexibility index (Phi) is 3.48. The molecule has 0 saturated carbocycles. The minimum atomic E-state index is 0.107. The minimum absolute atomic E-state index is 0.107. The summed E-state index contributed by atoms with van der Waals surface area (Å²) in [6, 6.07) is 0. The summed E-state index contributed by atoms with van der Waals surface area (Å²) >= 11 is 1.65. The summed E-state index contributed by atoms with van der Waals surface area (Å²) < 4.78 is 0. The normalized spacial score (nSPS) is 12.1. The molecule has 3 nitrogen and oxygen atoms in total. The number of rotatable bonds is 3. The first-order valence-electron chi connectivity index (χ1n) is 4.97. The highest BCUT2D eigenvalue weighted by atomic mass is 32.1. The van der Waals surface area contributed by atoms with Crippen LogP contribution >= 0.6 is 11.3 Å². The van der Waals surface area contributed by atoms with Crippen molar-refractivity contribution in [3.8, 4) is 0 Å². The van der Waals surface area contributed by atoms with E-state index in [0.717, 1.165) is 16.7 Å². The lowest BCUT2D eigenvalue weighted by Gasteiger charge is -2.12. The Labute approximate surface area is 89.9 Å². The van der Waals surface area contributed by atoms with Crippen LogP contribution in [0.4, 0.5) is 5.13 Å². The van der Waals surface area contributed by atoms with Crippen LogP contribution in [-0.4, -0.2) is 16.7 Å². The number of hydrogen-bond donors (Lipinski definition) is 1. The molecule has 0 atom stereocenters. The molecule has 4 heteroatoms. The van der Waals surface area contributed by atoms with Gasteiger partial charge >= 0.3 is 0 Å². The molecule has 0 aromatic carbocycles. The molecule has 0 fully saturated rings. The maximum atomic E-state index is 4.17. The number of anilines is 1. The van der Waals surface area contributed by atoms with E-state index in [1.165, 1.54) is 0 Å². The van der Waals surface area contributed by atoms with Crippen LogP contribution in [-0.2, 0) is 5.41 Å². The number of aromatic nitrogens is 2. The average molecular weight is 213 g/mol. The Morgan fingerprint density at radius 3 is 2.36 bits per heavy atom. The van der Waals surface area contributed by atoms with Gasteiger partial charge in [-0.3, -0.25) is 0 Å². The highest BCUT2D eigenvalue weighted by Gasteiger charge is 2.19. The van der Waals surface area contributed by atoms with Crippen LogP contribution in [0.1, 0.15) is 39.6 Å². The lowest BCUT2D eigenvalue weighted by atomic mass is 9.98. The van der Waals surface area contributed by atoms with E-state index in [1.54, 1.807) is 11.3 Å². The lowest BCUT2D eigenvalue weighted by molar-refractivity contribution is 0.578. The van der Waals surface area contributed by atoms with Crippen molar-refractivity contribution in [1.29, 1.82) is 0 Å². The van der Waals surface area contributed by atoms with E-state index >= 15 is 0 Å². The predicted molar refractivity (Wildman–Crippen MR) is 61.9 cm³/mol. The van der Waals surface area contributed by atoms with Crippen LogP contribution in [0, 0.1) is 5.92 Å². The highest BCUT2D eigenvalue weighted by Crippen LogP contribution is 2.27. The summed E-state index contributed by atoms with van der Waals surface area (Å²) in [5.41, 5.74) is 0.107. The first kappa shape index (κ1) is 11.4. The van der Waals surface area contributed by atoms with Crippen LogP contribution in [0.25, 0.3) is 0 Å². The fraction of sp³-hybridized carbons (Fsp3) is 0.800. The smallest absolute Gasteiger partial charge is 0.205 e. The van der Waals surface area contributed by atoms with Gasteiger partial charge in [0.1, 0.15) is 5.01 Å². The first-order valence-corrected chi connectivity index (χ1v) is 5.79. The van der Waals surface area contributed by atoms with Gasteiger partial charge in [-0.05, 0) is 5.92 Å². The third-order valence-corrected chi connectivity index (χ3v) is 3.03. The summed E-state index contributed by atoms with van der Waals surface area (Å²) in [5, 5.41) is 13.6. The molecule has 0 aliphatic carbocycles. The molecule has 0 aliphatic heterocycles. The monoisotopic (exact) mass is 213 g/mol. The Hall–Kier alpha value is -0.640. The number of nitrogens with zero attached hydrogens (tertiary/aromatic N) is 2. The molecule has 1 aromatic heterocycles. The molecule has 0 bridgehead atoms. The van der Waals surface area contributed by atoms with E-state index in [4.69, 9.17) is 0 Å². The standard InChI is InChI=1S/C10H19N3S/c1-7(2)6-11-9-13-12-8(14-9)10(3,4)5/h7H,6H2,1-5H3,(H,11,13). The van der Waals surface area contributed by atoms with Crippen LogP contribution in [0.3, 0.4) is 0 Å². The molecule has 1 aromatic rings. The van der Waals surface area contributed by atoms with Gasteiger partial charge in [-0.2, -0.15) is 0 Å². The molecule has 1 heterocycles. The third-order valence-electron chi connectivity index (χ3n) is 1.73. The van der Waals surface area contributed by atoms with Gasteiger partial charge in [0.25, 0.3) is 0 Å². The summed E-state index contributed by atoms with van der Waals surface area (Å²) in [6.07, 6.45) is 0. The molecule has 0 aliphatic rings. The van der Waals surface area contributed by atoms with E-state index in [0.29, 0.717) is 5.92 Å². The minimum Gasteiger partial charge on any atom is -0.360 e. The summed E-state index contributed by atoms with van der Waals surface area (Å²) in [7, 11) is 0. The van der Waals surface area contributed by atoms with Gasteiger partial charge < -0.3 is 5.32 Å². The highest BCUT2D eigenvalue weighted by molar-refractivity contribution is 7.15. The van der Waals surface area contributed by atoms with E-state index in [-0.39, 0.29) is 5.41 Å². The van der Waals surface area contributed by atoms with Crippen molar-refractivity contribution >= 4 is 16.5 Å². The molecule has 0 radical (unpaired) electrons. The number of hydrogen-bond acceptors (Lipinski definition) is 4. The van der Waals surface area contributed by atoms with Crippen molar-refractivity contribution in [2.45, 2.75) is 40.0 Å². The lowest BCUT2D eigenvalue weighted by Crippen LogP contribution is -2.10. The molecule has 14 heavy (non-hydrogen) atoms. The van der Waals surface area contributed by atoms with Gasteiger partial charge in [-0.25, -0.2) is 0 Å². The molecule has 0 unspecified atom stereocenters. The zero-order valence-electron chi connectivity index (χ0n) is 9.59. The van der Waals surface area contributed by atoms with Crippen LogP contribution in [0.5, 0.6) is 0 Å². The van der Waals surface area contributed by atoms with Crippen molar-refractivity contribution in [1.82, 2.24) is 10.2 Å². The first-order chi connectivity index (χ1) is 6.39. The predicted octanol–water partition coefficient (Wildman–Crippen LogP) is 2.90. The Bertz CT molecular complexity index is 286. The molecular weight excluding hydrogens is 194 g/mol. The van der Waals surface area contributed by atoms with Crippen molar-refractivity contribution in [3.63, 3.8) is 0 Å². The van der Waals surface area contributed by atoms with E-state index in [2.05, 4.69) is 50.1 Å². The van der Waals surface area contributed by atoms with E-state index < -0.39 is 0 Å². The topological polar surface area (TPSA) is 37.8 Å². The Morgan fingerprint density at radius 2 is 1.93 bits per heavy atom. The van der Waals surface area contributed by atoms with Gasteiger partial charge in [-0.1, -0.05) is 46.0 Å². The van der Waals surface area contributed by atoms with Crippen LogP contribution in [0.15, 0.2) is 0 Å². The van der Waals surface area contributed by atoms with E-state index in [1.807, 2.05) is 0 Å². The van der Waals surface area contributed by atoms with Crippen molar-refractivity contribution in [3.05, 3.63) is 5.01 Å². The third kappa shape index (κ3) is 3.25.